The van der Waals surface area contributed by atoms with E-state index < -0.39 is 16.0 Å². The molecular formula is C10H10N4O4S. The van der Waals surface area contributed by atoms with Crippen LogP contribution in [-0.2, 0) is 10.0 Å². The first-order chi connectivity index (χ1) is 8.90. The molecule has 0 unspecified atom stereocenters. The van der Waals surface area contributed by atoms with Gasteiger partial charge in [-0.1, -0.05) is 0 Å². The topological polar surface area (TPSA) is 138 Å². The van der Waals surface area contributed by atoms with Crippen LogP contribution in [0.4, 0.5) is 11.4 Å². The number of hydrogen-bond acceptors (Lipinski definition) is 5. The second-order valence-corrected chi connectivity index (χ2v) is 5.33. The quantitative estimate of drug-likeness (QED) is 0.602. The molecule has 0 aliphatic heterocycles. The predicted octanol–water partition coefficient (Wildman–Crippen LogP) is 0.491. The van der Waals surface area contributed by atoms with Gasteiger partial charge in [0.2, 0.25) is 0 Å². The molecule has 1 aromatic heterocycles. The Morgan fingerprint density at radius 2 is 2.16 bits per heavy atom. The fourth-order valence-electron chi connectivity index (χ4n) is 1.38. The summed E-state index contributed by atoms with van der Waals surface area (Å²) < 4.78 is 26.0. The summed E-state index contributed by atoms with van der Waals surface area (Å²) in [5.74, 6) is -1.14. The number of carbonyl (C=O) groups is 1. The maximum atomic E-state index is 11.9. The van der Waals surface area contributed by atoms with E-state index in [1.54, 1.807) is 0 Å². The minimum atomic E-state index is -3.80. The van der Waals surface area contributed by atoms with Gasteiger partial charge in [0, 0.05) is 6.20 Å². The molecule has 0 atom stereocenters. The third-order valence-corrected chi connectivity index (χ3v) is 3.66. The normalized spacial score (nSPS) is 11.2. The molecule has 100 valence electrons. The SMILES string of the molecule is Nc1cc(C(=O)O)ccc1NS(=O)(=O)c1cn[nH]c1. The number of nitrogen functional groups attached to an aromatic ring is 1. The Morgan fingerprint density at radius 1 is 1.42 bits per heavy atom. The molecule has 0 saturated heterocycles. The summed E-state index contributed by atoms with van der Waals surface area (Å²) >= 11 is 0. The van der Waals surface area contributed by atoms with Crippen LogP contribution in [0.1, 0.15) is 10.4 Å². The number of nitrogens with zero attached hydrogens (tertiary/aromatic N) is 1. The number of nitrogens with one attached hydrogen (secondary N) is 2. The number of aromatic nitrogens is 2. The second kappa shape index (κ2) is 4.61. The molecule has 0 spiro atoms. The molecule has 0 bridgehead atoms. The lowest BCUT2D eigenvalue weighted by Gasteiger charge is -2.09. The van der Waals surface area contributed by atoms with Crippen molar-refractivity contribution in [1.82, 2.24) is 10.2 Å². The van der Waals surface area contributed by atoms with E-state index in [2.05, 4.69) is 14.9 Å². The highest BCUT2D eigenvalue weighted by Crippen LogP contribution is 2.23. The maximum Gasteiger partial charge on any atom is 0.335 e. The van der Waals surface area contributed by atoms with Crippen LogP contribution in [0.3, 0.4) is 0 Å². The van der Waals surface area contributed by atoms with Crippen molar-refractivity contribution < 1.29 is 18.3 Å². The molecule has 0 amide bonds. The standard InChI is InChI=1S/C10H10N4O4S/c11-8-3-6(10(15)16)1-2-9(8)14-19(17,18)7-4-12-13-5-7/h1-5,14H,11H2,(H,12,13)(H,15,16). The van der Waals surface area contributed by atoms with E-state index in [1.807, 2.05) is 0 Å². The lowest BCUT2D eigenvalue weighted by atomic mass is 10.2. The lowest BCUT2D eigenvalue weighted by Crippen LogP contribution is -2.14. The van der Waals surface area contributed by atoms with Crippen LogP contribution in [0, 0.1) is 0 Å². The third-order valence-electron chi connectivity index (χ3n) is 2.33. The number of carboxylic acid groups (broad SMARTS) is 1. The zero-order valence-corrected chi connectivity index (χ0v) is 10.3. The molecule has 8 nitrogen and oxygen atoms in total. The zero-order chi connectivity index (χ0) is 14.0. The number of H-pyrrole nitrogens is 1. The van der Waals surface area contributed by atoms with E-state index in [-0.39, 0.29) is 21.8 Å². The molecule has 19 heavy (non-hydrogen) atoms. The monoisotopic (exact) mass is 282 g/mol. The molecular weight excluding hydrogens is 272 g/mol. The summed E-state index contributed by atoms with van der Waals surface area (Å²) in [6, 6.07) is 3.72. The van der Waals surface area contributed by atoms with Gasteiger partial charge in [0.25, 0.3) is 10.0 Å². The van der Waals surface area contributed by atoms with E-state index in [1.165, 1.54) is 24.4 Å². The Kier molecular flexibility index (Phi) is 3.13. The van der Waals surface area contributed by atoms with Crippen LogP contribution in [0.15, 0.2) is 35.5 Å². The Morgan fingerprint density at radius 3 is 2.68 bits per heavy atom. The van der Waals surface area contributed by atoms with Gasteiger partial charge in [0.1, 0.15) is 4.90 Å². The van der Waals surface area contributed by atoms with Gasteiger partial charge in [-0.25, -0.2) is 13.2 Å². The van der Waals surface area contributed by atoms with Gasteiger partial charge in [-0.15, -0.1) is 0 Å². The van der Waals surface area contributed by atoms with Crippen molar-refractivity contribution >= 4 is 27.4 Å². The molecule has 0 radical (unpaired) electrons. The van der Waals surface area contributed by atoms with Gasteiger partial charge in [0.05, 0.1) is 23.1 Å². The van der Waals surface area contributed by atoms with Crippen molar-refractivity contribution in [2.45, 2.75) is 4.90 Å². The highest BCUT2D eigenvalue weighted by atomic mass is 32.2. The molecule has 0 aliphatic rings. The van der Waals surface area contributed by atoms with E-state index in [0.29, 0.717) is 0 Å². The van der Waals surface area contributed by atoms with Crippen molar-refractivity contribution in [1.29, 1.82) is 0 Å². The number of hydrogen-bond donors (Lipinski definition) is 4. The summed E-state index contributed by atoms with van der Waals surface area (Å²) in [6.07, 6.45) is 2.36. The van der Waals surface area contributed by atoms with Crippen LogP contribution in [0.5, 0.6) is 0 Å². The molecule has 5 N–H and O–H groups in total. The Bertz CT molecular complexity index is 709. The van der Waals surface area contributed by atoms with E-state index >= 15 is 0 Å². The fraction of sp³-hybridized carbons (Fsp3) is 0. The van der Waals surface area contributed by atoms with Crippen molar-refractivity contribution in [2.75, 3.05) is 10.5 Å². The smallest absolute Gasteiger partial charge is 0.335 e. The van der Waals surface area contributed by atoms with Crippen molar-refractivity contribution in [3.8, 4) is 0 Å². The van der Waals surface area contributed by atoms with E-state index in [0.717, 1.165) is 6.20 Å². The van der Waals surface area contributed by atoms with Gasteiger partial charge in [-0.05, 0) is 18.2 Å². The number of anilines is 2. The average molecular weight is 282 g/mol. The van der Waals surface area contributed by atoms with Crippen LogP contribution in [-0.4, -0.2) is 29.7 Å². The number of aromatic carboxylic acids is 1. The highest BCUT2D eigenvalue weighted by Gasteiger charge is 2.17. The van der Waals surface area contributed by atoms with E-state index in [9.17, 15) is 13.2 Å². The van der Waals surface area contributed by atoms with Crippen LogP contribution >= 0.6 is 0 Å². The predicted molar refractivity (Wildman–Crippen MR) is 67.2 cm³/mol. The summed E-state index contributed by atoms with van der Waals surface area (Å²) in [6.45, 7) is 0. The second-order valence-electron chi connectivity index (χ2n) is 3.65. The van der Waals surface area contributed by atoms with Crippen molar-refractivity contribution in [3.05, 3.63) is 36.2 Å². The highest BCUT2D eigenvalue weighted by molar-refractivity contribution is 7.92. The van der Waals surface area contributed by atoms with Crippen LogP contribution < -0.4 is 10.5 Å². The molecule has 1 heterocycles. The molecule has 0 fully saturated rings. The number of sulfonamides is 1. The van der Waals surface area contributed by atoms with Crippen molar-refractivity contribution in [3.63, 3.8) is 0 Å². The largest absolute Gasteiger partial charge is 0.478 e. The lowest BCUT2D eigenvalue weighted by molar-refractivity contribution is 0.0697. The maximum absolute atomic E-state index is 11.9. The summed E-state index contributed by atoms with van der Waals surface area (Å²) in [5.41, 5.74) is 5.71. The Labute approximate surface area is 108 Å². The summed E-state index contributed by atoms with van der Waals surface area (Å²) in [7, 11) is -3.80. The molecule has 0 aliphatic carbocycles. The third kappa shape index (κ3) is 2.65. The fourth-order valence-corrected chi connectivity index (χ4v) is 2.37. The van der Waals surface area contributed by atoms with Gasteiger partial charge in [-0.3, -0.25) is 9.82 Å². The summed E-state index contributed by atoms with van der Waals surface area (Å²) in [5, 5.41) is 14.7. The van der Waals surface area contributed by atoms with Crippen LogP contribution in [0.25, 0.3) is 0 Å². The number of rotatable bonds is 4. The minimum Gasteiger partial charge on any atom is -0.478 e. The first kappa shape index (κ1) is 12.9. The van der Waals surface area contributed by atoms with Gasteiger partial charge in [0.15, 0.2) is 0 Å². The van der Waals surface area contributed by atoms with Gasteiger partial charge < -0.3 is 10.8 Å². The number of benzene rings is 1. The molecule has 0 saturated carbocycles. The molecule has 2 aromatic rings. The van der Waals surface area contributed by atoms with Gasteiger partial charge >= 0.3 is 5.97 Å². The Hall–Kier alpha value is -2.55. The zero-order valence-electron chi connectivity index (χ0n) is 9.49. The minimum absolute atomic E-state index is 0.0203. The first-order valence-electron chi connectivity index (χ1n) is 5.04. The van der Waals surface area contributed by atoms with Crippen molar-refractivity contribution in [2.24, 2.45) is 0 Å². The van der Waals surface area contributed by atoms with Crippen LogP contribution in [0.2, 0.25) is 0 Å². The molecule has 1 aromatic carbocycles. The summed E-state index contributed by atoms with van der Waals surface area (Å²) in [4.78, 5) is 10.7. The average Bonchev–Trinajstić information content (AvgIpc) is 2.85. The Balaban J connectivity index is 2.32. The number of aromatic amines is 1. The molecule has 2 rings (SSSR count). The number of nitrogens with two attached hydrogens (primary N) is 1. The van der Waals surface area contributed by atoms with E-state index in [4.69, 9.17) is 10.8 Å². The first-order valence-corrected chi connectivity index (χ1v) is 6.53. The number of carboxylic acids is 1. The van der Waals surface area contributed by atoms with Gasteiger partial charge in [-0.2, -0.15) is 5.10 Å². The molecule has 9 heteroatoms.